The van der Waals surface area contributed by atoms with Crippen LogP contribution in [0, 0.1) is 0 Å². The van der Waals surface area contributed by atoms with Gasteiger partial charge in [-0.15, -0.1) is 0 Å². The Morgan fingerprint density at radius 3 is 2.68 bits per heavy atom. The van der Waals surface area contributed by atoms with E-state index >= 15 is 0 Å². The number of benzene rings is 1. The Bertz CT molecular complexity index is 1140. The summed E-state index contributed by atoms with van der Waals surface area (Å²) < 4.78 is 47.7. The third-order valence-corrected chi connectivity index (χ3v) is 4.37. The van der Waals surface area contributed by atoms with Gasteiger partial charge in [0.2, 0.25) is 5.95 Å². The van der Waals surface area contributed by atoms with Gasteiger partial charge in [-0.1, -0.05) is 0 Å². The minimum Gasteiger partial charge on any atom is -0.467 e. The molecule has 0 bridgehead atoms. The van der Waals surface area contributed by atoms with Crippen molar-refractivity contribution < 1.29 is 22.4 Å². The lowest BCUT2D eigenvalue weighted by Gasteiger charge is -2.10. The number of aromatic nitrogens is 3. The first-order valence-electron chi connectivity index (χ1n) is 8.35. The summed E-state index contributed by atoms with van der Waals surface area (Å²) in [5.74, 6) is 0.296. The molecule has 28 heavy (non-hydrogen) atoms. The molecular formula is C19H15F3N4O2. The molecule has 0 fully saturated rings. The number of fused-ring (bicyclic) bond motifs is 1. The molecule has 0 saturated carbocycles. The summed E-state index contributed by atoms with van der Waals surface area (Å²) in [7, 11) is 1.72. The molecule has 4 rings (SSSR count). The first-order valence-corrected chi connectivity index (χ1v) is 8.35. The van der Waals surface area contributed by atoms with Crippen molar-refractivity contribution in [3.05, 3.63) is 71.9 Å². The van der Waals surface area contributed by atoms with Crippen LogP contribution in [0.15, 0.2) is 59.3 Å². The molecule has 6 nitrogen and oxygen atoms in total. The lowest BCUT2D eigenvalue weighted by atomic mass is 10.2. The molecule has 4 aromatic rings. The van der Waals surface area contributed by atoms with Crippen molar-refractivity contribution in [1.29, 1.82) is 0 Å². The fourth-order valence-electron chi connectivity index (χ4n) is 2.98. The number of hydrogen-bond acceptors (Lipinski definition) is 3. The molecule has 1 amide bonds. The molecule has 0 aliphatic carbocycles. The molecule has 0 atom stereocenters. The molecule has 0 spiro atoms. The minimum atomic E-state index is -4.48. The van der Waals surface area contributed by atoms with Gasteiger partial charge in [0.25, 0.3) is 5.91 Å². The highest BCUT2D eigenvalue weighted by Gasteiger charge is 2.31. The van der Waals surface area contributed by atoms with Gasteiger partial charge in [0.1, 0.15) is 11.5 Å². The standard InChI is InChI=1S/C19H15F3N4O2/c1-25-8-2-5-16(25)17(27)24-18-23-14-10-12(19(20,21)22)6-7-15(14)26(18)11-13-4-3-9-28-13/h2-10H,11H2,1H3,(H,23,24,27). The molecule has 3 heterocycles. The van der Waals surface area contributed by atoms with Gasteiger partial charge in [-0.05, 0) is 42.5 Å². The molecule has 1 N–H and O–H groups in total. The number of carbonyl (C=O) groups is 1. The number of aryl methyl sites for hydroxylation is 1. The van der Waals surface area contributed by atoms with E-state index in [9.17, 15) is 18.0 Å². The van der Waals surface area contributed by atoms with Gasteiger partial charge < -0.3 is 13.6 Å². The zero-order valence-electron chi connectivity index (χ0n) is 14.7. The number of imidazole rings is 1. The predicted octanol–water partition coefficient (Wildman–Crippen LogP) is 4.29. The molecule has 1 aromatic carbocycles. The van der Waals surface area contributed by atoms with E-state index in [-0.39, 0.29) is 18.0 Å². The lowest BCUT2D eigenvalue weighted by Crippen LogP contribution is -2.18. The fourth-order valence-corrected chi connectivity index (χ4v) is 2.98. The highest BCUT2D eigenvalue weighted by atomic mass is 19.4. The van der Waals surface area contributed by atoms with Crippen LogP contribution in [0.25, 0.3) is 11.0 Å². The van der Waals surface area contributed by atoms with Crippen molar-refractivity contribution in [2.24, 2.45) is 7.05 Å². The number of nitrogens with one attached hydrogen (secondary N) is 1. The Morgan fingerprint density at radius 2 is 2.04 bits per heavy atom. The van der Waals surface area contributed by atoms with E-state index in [2.05, 4.69) is 10.3 Å². The summed E-state index contributed by atoms with van der Waals surface area (Å²) in [6.07, 6.45) is -1.26. The first kappa shape index (κ1) is 17.9. The number of carbonyl (C=O) groups excluding carboxylic acids is 1. The molecule has 0 aliphatic heterocycles. The van der Waals surface area contributed by atoms with Gasteiger partial charge in [-0.3, -0.25) is 10.1 Å². The van der Waals surface area contributed by atoms with Crippen LogP contribution in [0.4, 0.5) is 19.1 Å². The lowest BCUT2D eigenvalue weighted by molar-refractivity contribution is -0.137. The maximum absolute atomic E-state index is 13.0. The average molecular weight is 388 g/mol. The summed E-state index contributed by atoms with van der Waals surface area (Å²) >= 11 is 0. The van der Waals surface area contributed by atoms with E-state index < -0.39 is 17.6 Å². The molecule has 0 radical (unpaired) electrons. The number of halogens is 3. The summed E-state index contributed by atoms with van der Waals surface area (Å²) in [5.41, 5.74) is 0.172. The fraction of sp³-hybridized carbons (Fsp3) is 0.158. The van der Waals surface area contributed by atoms with Crippen molar-refractivity contribution in [2.75, 3.05) is 5.32 Å². The van der Waals surface area contributed by atoms with Crippen LogP contribution in [-0.4, -0.2) is 20.0 Å². The molecular weight excluding hydrogens is 373 g/mol. The largest absolute Gasteiger partial charge is 0.467 e. The highest BCUT2D eigenvalue weighted by Crippen LogP contribution is 2.32. The smallest absolute Gasteiger partial charge is 0.416 e. The van der Waals surface area contributed by atoms with E-state index in [4.69, 9.17) is 4.42 Å². The van der Waals surface area contributed by atoms with Crippen LogP contribution in [0.1, 0.15) is 21.8 Å². The number of rotatable bonds is 4. The van der Waals surface area contributed by atoms with Crippen LogP contribution in [-0.2, 0) is 19.8 Å². The Labute approximate surface area is 157 Å². The second-order valence-corrected chi connectivity index (χ2v) is 6.26. The number of hydrogen-bond donors (Lipinski definition) is 1. The normalized spacial score (nSPS) is 11.9. The van der Waals surface area contributed by atoms with Gasteiger partial charge >= 0.3 is 6.18 Å². The summed E-state index contributed by atoms with van der Waals surface area (Å²) in [6, 6.07) is 10.1. The van der Waals surface area contributed by atoms with Crippen LogP contribution >= 0.6 is 0 Å². The number of furan rings is 1. The zero-order chi connectivity index (χ0) is 19.9. The Balaban J connectivity index is 1.78. The predicted molar refractivity (Wildman–Crippen MR) is 95.9 cm³/mol. The average Bonchev–Trinajstić information content (AvgIpc) is 3.35. The third kappa shape index (κ3) is 3.26. The number of nitrogens with zero attached hydrogens (tertiary/aromatic N) is 3. The van der Waals surface area contributed by atoms with E-state index in [1.165, 1.54) is 12.3 Å². The summed E-state index contributed by atoms with van der Waals surface area (Å²) in [5, 5.41) is 2.68. The SMILES string of the molecule is Cn1cccc1C(=O)Nc1nc2cc(C(F)(F)F)ccc2n1Cc1ccco1. The molecule has 0 unspecified atom stereocenters. The monoisotopic (exact) mass is 388 g/mol. The van der Waals surface area contributed by atoms with E-state index in [0.717, 1.165) is 12.1 Å². The molecule has 0 aliphatic rings. The first-order chi connectivity index (χ1) is 13.3. The number of amides is 1. The van der Waals surface area contributed by atoms with Crippen molar-refractivity contribution >= 4 is 22.9 Å². The Hall–Kier alpha value is -3.49. The van der Waals surface area contributed by atoms with Gasteiger partial charge in [-0.2, -0.15) is 13.2 Å². The van der Waals surface area contributed by atoms with Crippen LogP contribution in [0.2, 0.25) is 0 Å². The summed E-state index contributed by atoms with van der Waals surface area (Å²) in [4.78, 5) is 16.8. The molecule has 3 aromatic heterocycles. The maximum Gasteiger partial charge on any atom is 0.416 e. The third-order valence-electron chi connectivity index (χ3n) is 4.37. The van der Waals surface area contributed by atoms with Crippen LogP contribution in [0.5, 0.6) is 0 Å². The van der Waals surface area contributed by atoms with Gasteiger partial charge in [0.15, 0.2) is 0 Å². The van der Waals surface area contributed by atoms with E-state index in [1.807, 2.05) is 0 Å². The molecule has 144 valence electrons. The quantitative estimate of drug-likeness (QED) is 0.567. The Kier molecular flexibility index (Phi) is 4.21. The van der Waals surface area contributed by atoms with Crippen molar-refractivity contribution in [1.82, 2.24) is 14.1 Å². The van der Waals surface area contributed by atoms with Crippen LogP contribution < -0.4 is 5.32 Å². The molecule has 9 heteroatoms. The van der Waals surface area contributed by atoms with Gasteiger partial charge in [0.05, 0.1) is 29.4 Å². The Morgan fingerprint density at radius 1 is 1.21 bits per heavy atom. The minimum absolute atomic E-state index is 0.128. The number of alkyl halides is 3. The topological polar surface area (TPSA) is 65.0 Å². The molecule has 0 saturated heterocycles. The van der Waals surface area contributed by atoms with Crippen LogP contribution in [0.3, 0.4) is 0 Å². The zero-order valence-corrected chi connectivity index (χ0v) is 14.7. The van der Waals surface area contributed by atoms with Gasteiger partial charge in [0, 0.05) is 13.2 Å². The number of anilines is 1. The summed E-state index contributed by atoms with van der Waals surface area (Å²) in [6.45, 7) is 0.206. The second kappa shape index (κ2) is 6.59. The van der Waals surface area contributed by atoms with E-state index in [0.29, 0.717) is 17.0 Å². The van der Waals surface area contributed by atoms with E-state index in [1.54, 1.807) is 46.6 Å². The van der Waals surface area contributed by atoms with Crippen molar-refractivity contribution in [3.63, 3.8) is 0 Å². The van der Waals surface area contributed by atoms with Crippen molar-refractivity contribution in [3.8, 4) is 0 Å². The van der Waals surface area contributed by atoms with Crippen molar-refractivity contribution in [2.45, 2.75) is 12.7 Å². The second-order valence-electron chi connectivity index (χ2n) is 6.26. The van der Waals surface area contributed by atoms with Gasteiger partial charge in [-0.25, -0.2) is 4.98 Å². The highest BCUT2D eigenvalue weighted by molar-refractivity contribution is 6.03. The maximum atomic E-state index is 13.0.